The zero-order chi connectivity index (χ0) is 23.5. The molecule has 8 nitrogen and oxygen atoms in total. The minimum absolute atomic E-state index is 0.104. The van der Waals surface area contributed by atoms with E-state index in [1.54, 1.807) is 12.1 Å². The summed E-state index contributed by atoms with van der Waals surface area (Å²) in [5.41, 5.74) is 1.56. The normalized spacial score (nSPS) is 15.9. The van der Waals surface area contributed by atoms with Crippen LogP contribution in [0.15, 0.2) is 24.3 Å². The maximum absolute atomic E-state index is 12.0. The molecule has 180 valence electrons. The first-order chi connectivity index (χ1) is 16.0. The van der Waals surface area contributed by atoms with E-state index in [1.165, 1.54) is 37.0 Å². The molecule has 1 saturated carbocycles. The number of hydrogen-bond acceptors (Lipinski definition) is 5. The van der Waals surface area contributed by atoms with Crippen LogP contribution in [0.4, 0.5) is 5.69 Å². The van der Waals surface area contributed by atoms with Gasteiger partial charge < -0.3 is 15.4 Å². The van der Waals surface area contributed by atoms with E-state index in [0.717, 1.165) is 24.3 Å². The van der Waals surface area contributed by atoms with Gasteiger partial charge in [-0.3, -0.25) is 24.1 Å². The van der Waals surface area contributed by atoms with Crippen molar-refractivity contribution < 1.29 is 23.9 Å². The first-order valence-corrected chi connectivity index (χ1v) is 12.1. The first-order valence-electron chi connectivity index (χ1n) is 12.1. The van der Waals surface area contributed by atoms with Gasteiger partial charge in [-0.15, -0.1) is 0 Å². The van der Waals surface area contributed by atoms with Crippen LogP contribution in [0, 0.1) is 5.92 Å². The van der Waals surface area contributed by atoms with E-state index in [4.69, 9.17) is 4.74 Å². The lowest BCUT2D eigenvalue weighted by Gasteiger charge is -2.28. The summed E-state index contributed by atoms with van der Waals surface area (Å²) in [6.07, 6.45) is 10.1. The Morgan fingerprint density at radius 3 is 2.39 bits per heavy atom. The molecule has 2 aliphatic rings. The summed E-state index contributed by atoms with van der Waals surface area (Å²) in [7, 11) is 0. The molecular weight excluding hydrogens is 422 g/mol. The summed E-state index contributed by atoms with van der Waals surface area (Å²) < 4.78 is 5.21. The van der Waals surface area contributed by atoms with E-state index in [0.29, 0.717) is 31.6 Å². The second-order valence-corrected chi connectivity index (χ2v) is 8.92. The molecule has 0 atom stereocenters. The average molecular weight is 458 g/mol. The number of hydrogen-bond donors (Lipinski definition) is 2. The number of nitrogens with zero attached hydrogens (tertiary/aromatic N) is 1. The van der Waals surface area contributed by atoms with Crippen LogP contribution in [0.25, 0.3) is 0 Å². The lowest BCUT2D eigenvalue weighted by Crippen LogP contribution is -2.47. The van der Waals surface area contributed by atoms with Crippen molar-refractivity contribution in [2.75, 3.05) is 31.6 Å². The zero-order valence-corrected chi connectivity index (χ0v) is 19.3. The summed E-state index contributed by atoms with van der Waals surface area (Å²) >= 11 is 0. The van der Waals surface area contributed by atoms with Crippen molar-refractivity contribution in [1.29, 1.82) is 0 Å². The molecule has 1 heterocycles. The molecule has 0 radical (unpaired) electrons. The third-order valence-electron chi connectivity index (χ3n) is 6.32. The molecular formula is C25H35N3O5. The second kappa shape index (κ2) is 13.1. The summed E-state index contributed by atoms with van der Waals surface area (Å²) in [6, 6.07) is 7.18. The van der Waals surface area contributed by atoms with Crippen molar-refractivity contribution in [2.45, 2.75) is 64.2 Å². The highest BCUT2D eigenvalue weighted by atomic mass is 16.5. The van der Waals surface area contributed by atoms with Gasteiger partial charge in [0.05, 0.1) is 0 Å². The first kappa shape index (κ1) is 24.9. The van der Waals surface area contributed by atoms with E-state index in [2.05, 4.69) is 10.6 Å². The van der Waals surface area contributed by atoms with Crippen LogP contribution in [0.3, 0.4) is 0 Å². The SMILES string of the molecule is O=C(COCC(=O)Nc1ccc(CCC(=O)N2CCC2=O)cc1)NCCCCC1CCCC1. The number of rotatable bonds is 13. The number of benzene rings is 1. The Balaban J connectivity index is 1.22. The number of anilines is 1. The summed E-state index contributed by atoms with van der Waals surface area (Å²) in [5.74, 6) is 0.0901. The van der Waals surface area contributed by atoms with Crippen LogP contribution in [0.1, 0.15) is 63.4 Å². The Kier molecular flexibility index (Phi) is 9.87. The topological polar surface area (TPSA) is 105 Å². The number of unbranched alkanes of at least 4 members (excludes halogenated alkanes) is 1. The van der Waals surface area contributed by atoms with Crippen LogP contribution in [-0.4, -0.2) is 54.8 Å². The Morgan fingerprint density at radius 2 is 1.73 bits per heavy atom. The highest BCUT2D eigenvalue weighted by Crippen LogP contribution is 2.28. The van der Waals surface area contributed by atoms with Crippen LogP contribution >= 0.6 is 0 Å². The predicted octanol–water partition coefficient (Wildman–Crippen LogP) is 2.81. The van der Waals surface area contributed by atoms with E-state index < -0.39 is 0 Å². The van der Waals surface area contributed by atoms with Gasteiger partial charge in [-0.2, -0.15) is 0 Å². The van der Waals surface area contributed by atoms with E-state index >= 15 is 0 Å². The Labute approximate surface area is 195 Å². The third-order valence-corrected chi connectivity index (χ3v) is 6.32. The van der Waals surface area contributed by atoms with Gasteiger partial charge in [0.25, 0.3) is 0 Å². The van der Waals surface area contributed by atoms with Crippen molar-refractivity contribution in [2.24, 2.45) is 5.92 Å². The van der Waals surface area contributed by atoms with Gasteiger partial charge in [-0.1, -0.05) is 50.7 Å². The Hall–Kier alpha value is -2.74. The molecule has 1 aliphatic carbocycles. The molecule has 0 aromatic heterocycles. The van der Waals surface area contributed by atoms with Gasteiger partial charge in [0.2, 0.25) is 23.6 Å². The molecule has 2 N–H and O–H groups in total. The van der Waals surface area contributed by atoms with Crippen LogP contribution in [0.2, 0.25) is 0 Å². The van der Waals surface area contributed by atoms with Crippen molar-refractivity contribution in [3.05, 3.63) is 29.8 Å². The summed E-state index contributed by atoms with van der Waals surface area (Å²) in [4.78, 5) is 48.3. The molecule has 0 unspecified atom stereocenters. The largest absolute Gasteiger partial charge is 0.362 e. The monoisotopic (exact) mass is 457 g/mol. The van der Waals surface area contributed by atoms with Crippen LogP contribution in [0.5, 0.6) is 0 Å². The van der Waals surface area contributed by atoms with Crippen molar-refractivity contribution >= 4 is 29.3 Å². The number of carbonyl (C=O) groups excluding carboxylic acids is 4. The van der Waals surface area contributed by atoms with Gasteiger partial charge in [-0.05, 0) is 36.5 Å². The predicted molar refractivity (Wildman–Crippen MR) is 124 cm³/mol. The van der Waals surface area contributed by atoms with E-state index in [-0.39, 0.29) is 43.3 Å². The second-order valence-electron chi connectivity index (χ2n) is 8.92. The molecule has 0 spiro atoms. The third kappa shape index (κ3) is 8.61. The molecule has 8 heteroatoms. The van der Waals surface area contributed by atoms with Crippen molar-refractivity contribution in [3.63, 3.8) is 0 Å². The molecule has 1 aromatic rings. The molecule has 0 bridgehead atoms. The maximum Gasteiger partial charge on any atom is 0.250 e. The number of carbonyl (C=O) groups is 4. The van der Waals surface area contributed by atoms with Crippen LogP contribution < -0.4 is 10.6 Å². The van der Waals surface area contributed by atoms with Crippen LogP contribution in [-0.2, 0) is 30.3 Å². The standard InChI is InChI=1S/C25H35N3O5/c29-22(26-15-4-3-7-19-5-1-2-6-19)17-33-18-23(30)27-21-11-8-20(9-12-21)10-13-24(31)28-16-14-25(28)32/h8-9,11-12,19H,1-7,10,13-18H2,(H,26,29)(H,27,30). The van der Waals surface area contributed by atoms with Gasteiger partial charge in [0.1, 0.15) is 13.2 Å². The van der Waals surface area contributed by atoms with Gasteiger partial charge in [0.15, 0.2) is 0 Å². The van der Waals surface area contributed by atoms with E-state index in [9.17, 15) is 19.2 Å². The fourth-order valence-corrected chi connectivity index (χ4v) is 4.29. The lowest BCUT2D eigenvalue weighted by atomic mass is 10.0. The Morgan fingerprint density at radius 1 is 1.00 bits per heavy atom. The Bertz CT molecular complexity index is 818. The molecule has 3 rings (SSSR count). The van der Waals surface area contributed by atoms with Gasteiger partial charge >= 0.3 is 0 Å². The number of ether oxygens (including phenoxy) is 1. The lowest BCUT2D eigenvalue weighted by molar-refractivity contribution is -0.152. The van der Waals surface area contributed by atoms with Gasteiger partial charge in [0, 0.05) is 31.6 Å². The fraction of sp³-hybridized carbons (Fsp3) is 0.600. The summed E-state index contributed by atoms with van der Waals surface area (Å²) in [6.45, 7) is 0.831. The summed E-state index contributed by atoms with van der Waals surface area (Å²) in [5, 5.41) is 5.55. The fourth-order valence-electron chi connectivity index (χ4n) is 4.29. The van der Waals surface area contributed by atoms with Crippen molar-refractivity contribution in [3.8, 4) is 0 Å². The number of aryl methyl sites for hydroxylation is 1. The smallest absolute Gasteiger partial charge is 0.250 e. The van der Waals surface area contributed by atoms with E-state index in [1.807, 2.05) is 12.1 Å². The quantitative estimate of drug-likeness (QED) is 0.350. The highest BCUT2D eigenvalue weighted by molar-refractivity contribution is 5.99. The van der Waals surface area contributed by atoms with Crippen molar-refractivity contribution in [1.82, 2.24) is 10.2 Å². The minimum Gasteiger partial charge on any atom is -0.362 e. The number of nitrogens with one attached hydrogen (secondary N) is 2. The molecule has 33 heavy (non-hydrogen) atoms. The molecule has 2 fully saturated rings. The molecule has 4 amide bonds. The molecule has 1 aliphatic heterocycles. The minimum atomic E-state index is -0.335. The highest BCUT2D eigenvalue weighted by Gasteiger charge is 2.29. The number of amides is 4. The number of β-lactam (4-membered cyclic amide) rings is 1. The maximum atomic E-state index is 12.0. The number of imide groups is 1. The average Bonchev–Trinajstić information content (AvgIpc) is 3.31. The zero-order valence-electron chi connectivity index (χ0n) is 19.3. The van der Waals surface area contributed by atoms with Gasteiger partial charge in [-0.25, -0.2) is 0 Å². The molecule has 1 aromatic carbocycles. The molecule has 1 saturated heterocycles. The number of likely N-dealkylation sites (tertiary alicyclic amines) is 1.